The molecule has 0 aromatic carbocycles. The van der Waals surface area contributed by atoms with Crippen molar-refractivity contribution in [2.45, 2.75) is 17.6 Å². The van der Waals surface area contributed by atoms with Gasteiger partial charge in [0.15, 0.2) is 4.71 Å². The minimum atomic E-state index is -3.50. The molecule has 1 aliphatic carbocycles. The Hall–Kier alpha value is 0.530. The summed E-state index contributed by atoms with van der Waals surface area (Å²) in [5.74, 6) is 0.106. The van der Waals surface area contributed by atoms with Gasteiger partial charge in [-0.3, -0.25) is 0 Å². The van der Waals surface area contributed by atoms with Crippen LogP contribution < -0.4 is 0 Å². The minimum absolute atomic E-state index is 0.106. The first-order valence-corrected chi connectivity index (χ1v) is 5.40. The molecule has 0 saturated heterocycles. The standard InChI is InChI=1S/C4H6Cl2O2S/c5-4(3-1-2-3)9(6,7)8/h3-4H,1-2H2. The summed E-state index contributed by atoms with van der Waals surface area (Å²) in [7, 11) is 1.46. The number of halogens is 2. The lowest BCUT2D eigenvalue weighted by molar-refractivity contribution is 0.601. The molecule has 1 atom stereocenters. The van der Waals surface area contributed by atoms with Gasteiger partial charge in [0.05, 0.1) is 0 Å². The van der Waals surface area contributed by atoms with E-state index in [0.29, 0.717) is 0 Å². The normalized spacial score (nSPS) is 23.8. The molecule has 0 aliphatic heterocycles. The van der Waals surface area contributed by atoms with Crippen molar-refractivity contribution in [2.24, 2.45) is 5.92 Å². The third-order valence-corrected chi connectivity index (χ3v) is 4.09. The molecule has 0 aromatic heterocycles. The SMILES string of the molecule is O=S(=O)(Cl)C(Cl)C1CC1. The van der Waals surface area contributed by atoms with Crippen LogP contribution in [-0.2, 0) is 9.05 Å². The lowest BCUT2D eigenvalue weighted by atomic mass is 10.5. The van der Waals surface area contributed by atoms with Crippen LogP contribution in [0.15, 0.2) is 0 Å². The van der Waals surface area contributed by atoms with Crippen molar-refractivity contribution >= 4 is 31.3 Å². The summed E-state index contributed by atoms with van der Waals surface area (Å²) in [5, 5.41) is 0. The molecular weight excluding hydrogens is 183 g/mol. The Morgan fingerprint density at radius 1 is 1.44 bits per heavy atom. The van der Waals surface area contributed by atoms with E-state index in [1.165, 1.54) is 0 Å². The molecule has 2 nitrogen and oxygen atoms in total. The van der Waals surface area contributed by atoms with Crippen molar-refractivity contribution < 1.29 is 8.42 Å². The first kappa shape index (κ1) is 7.63. The molecule has 0 heterocycles. The van der Waals surface area contributed by atoms with E-state index in [0.717, 1.165) is 12.8 Å². The van der Waals surface area contributed by atoms with E-state index in [1.807, 2.05) is 0 Å². The predicted molar refractivity (Wildman–Crippen MR) is 37.1 cm³/mol. The van der Waals surface area contributed by atoms with Crippen LogP contribution >= 0.6 is 22.3 Å². The first-order chi connectivity index (χ1) is 4.02. The summed E-state index contributed by atoms with van der Waals surface area (Å²) in [4.78, 5) is 0. The van der Waals surface area contributed by atoms with Crippen LogP contribution in [0, 0.1) is 5.92 Å². The Labute approximate surface area is 63.6 Å². The summed E-state index contributed by atoms with van der Waals surface area (Å²) in [6.45, 7) is 0. The van der Waals surface area contributed by atoms with E-state index >= 15 is 0 Å². The third-order valence-electron chi connectivity index (χ3n) is 1.26. The highest BCUT2D eigenvalue weighted by molar-refractivity contribution is 8.15. The van der Waals surface area contributed by atoms with Gasteiger partial charge in [0, 0.05) is 10.7 Å². The van der Waals surface area contributed by atoms with E-state index in [1.54, 1.807) is 0 Å². The second-order valence-electron chi connectivity index (χ2n) is 2.16. The van der Waals surface area contributed by atoms with Gasteiger partial charge in [0.2, 0.25) is 9.05 Å². The van der Waals surface area contributed by atoms with Crippen molar-refractivity contribution in [1.82, 2.24) is 0 Å². The quantitative estimate of drug-likeness (QED) is 0.487. The molecule has 1 saturated carbocycles. The largest absolute Gasteiger partial charge is 0.249 e. The Morgan fingerprint density at radius 3 is 2.00 bits per heavy atom. The van der Waals surface area contributed by atoms with E-state index in [4.69, 9.17) is 22.3 Å². The average molecular weight is 189 g/mol. The fraction of sp³-hybridized carbons (Fsp3) is 1.00. The lowest BCUT2D eigenvalue weighted by Gasteiger charge is -1.99. The second kappa shape index (κ2) is 2.29. The van der Waals surface area contributed by atoms with Crippen molar-refractivity contribution in [3.63, 3.8) is 0 Å². The number of alkyl halides is 1. The van der Waals surface area contributed by atoms with Gasteiger partial charge in [-0.2, -0.15) is 0 Å². The van der Waals surface area contributed by atoms with Gasteiger partial charge in [-0.05, 0) is 18.8 Å². The fourth-order valence-electron chi connectivity index (χ4n) is 0.588. The van der Waals surface area contributed by atoms with Crippen LogP contribution in [0.25, 0.3) is 0 Å². The summed E-state index contributed by atoms with van der Waals surface area (Å²) >= 11 is 5.43. The molecule has 0 spiro atoms. The van der Waals surface area contributed by atoms with Gasteiger partial charge in [0.25, 0.3) is 0 Å². The van der Waals surface area contributed by atoms with Gasteiger partial charge in [0.1, 0.15) is 0 Å². The van der Waals surface area contributed by atoms with Gasteiger partial charge >= 0.3 is 0 Å². The highest BCUT2D eigenvalue weighted by Crippen LogP contribution is 2.39. The molecule has 0 aromatic rings. The summed E-state index contributed by atoms with van der Waals surface area (Å²) in [5.41, 5.74) is 0. The molecule has 54 valence electrons. The van der Waals surface area contributed by atoms with Crippen LogP contribution in [0.2, 0.25) is 0 Å². The predicted octanol–water partition coefficient (Wildman–Crippen LogP) is 1.53. The molecule has 1 aliphatic rings. The smallest absolute Gasteiger partial charge is 0.211 e. The zero-order valence-electron chi connectivity index (χ0n) is 4.55. The Bertz CT molecular complexity index is 195. The molecule has 5 heteroatoms. The summed E-state index contributed by atoms with van der Waals surface area (Å²) < 4.78 is 20.0. The fourth-order valence-corrected chi connectivity index (χ4v) is 2.01. The molecule has 9 heavy (non-hydrogen) atoms. The number of hydrogen-bond acceptors (Lipinski definition) is 2. The summed E-state index contributed by atoms with van der Waals surface area (Å²) in [6, 6.07) is 0. The van der Waals surface area contributed by atoms with E-state index < -0.39 is 13.8 Å². The van der Waals surface area contributed by atoms with E-state index in [2.05, 4.69) is 0 Å². The van der Waals surface area contributed by atoms with E-state index in [-0.39, 0.29) is 5.92 Å². The molecule has 0 radical (unpaired) electrons. The van der Waals surface area contributed by atoms with E-state index in [9.17, 15) is 8.42 Å². The maximum Gasteiger partial charge on any atom is 0.249 e. The van der Waals surface area contributed by atoms with Gasteiger partial charge in [-0.25, -0.2) is 8.42 Å². The molecule has 1 fully saturated rings. The molecule has 0 amide bonds. The zero-order chi connectivity index (χ0) is 7.07. The molecule has 0 N–H and O–H groups in total. The van der Waals surface area contributed by atoms with Crippen molar-refractivity contribution in [3.8, 4) is 0 Å². The van der Waals surface area contributed by atoms with Crippen LogP contribution in [0.1, 0.15) is 12.8 Å². The van der Waals surface area contributed by atoms with Crippen LogP contribution in [0.4, 0.5) is 0 Å². The van der Waals surface area contributed by atoms with Crippen molar-refractivity contribution in [2.75, 3.05) is 0 Å². The lowest BCUT2D eigenvalue weighted by Crippen LogP contribution is -2.10. The summed E-state index contributed by atoms with van der Waals surface area (Å²) in [6.07, 6.45) is 1.78. The Kier molecular flexibility index (Phi) is 1.94. The third kappa shape index (κ3) is 1.99. The van der Waals surface area contributed by atoms with Gasteiger partial charge < -0.3 is 0 Å². The maximum atomic E-state index is 10.4. The van der Waals surface area contributed by atoms with Crippen molar-refractivity contribution in [1.29, 1.82) is 0 Å². The average Bonchev–Trinajstić information content (AvgIpc) is 2.40. The van der Waals surface area contributed by atoms with Crippen LogP contribution in [-0.4, -0.2) is 13.1 Å². The second-order valence-corrected chi connectivity index (χ2v) is 5.64. The van der Waals surface area contributed by atoms with Gasteiger partial charge in [-0.1, -0.05) is 0 Å². The van der Waals surface area contributed by atoms with Crippen molar-refractivity contribution in [3.05, 3.63) is 0 Å². The minimum Gasteiger partial charge on any atom is -0.211 e. The monoisotopic (exact) mass is 188 g/mol. The highest BCUT2D eigenvalue weighted by Gasteiger charge is 2.37. The first-order valence-electron chi connectivity index (χ1n) is 2.59. The maximum absolute atomic E-state index is 10.4. The topological polar surface area (TPSA) is 34.1 Å². The Morgan fingerprint density at radius 2 is 1.89 bits per heavy atom. The number of rotatable bonds is 2. The van der Waals surface area contributed by atoms with Crippen LogP contribution in [0.5, 0.6) is 0 Å². The molecular formula is C4H6Cl2O2S. The molecule has 1 unspecified atom stereocenters. The molecule has 1 rings (SSSR count). The number of hydrogen-bond donors (Lipinski definition) is 0. The van der Waals surface area contributed by atoms with Crippen LogP contribution in [0.3, 0.4) is 0 Å². The molecule has 0 bridgehead atoms. The highest BCUT2D eigenvalue weighted by atomic mass is 35.7. The Balaban J connectivity index is 2.61. The van der Waals surface area contributed by atoms with Gasteiger partial charge in [-0.15, -0.1) is 11.6 Å². The zero-order valence-corrected chi connectivity index (χ0v) is 6.88.